The first-order valence-electron chi connectivity index (χ1n) is 11.0. The number of sulfonamides is 1. The van der Waals surface area contributed by atoms with Crippen molar-refractivity contribution in [1.29, 1.82) is 0 Å². The van der Waals surface area contributed by atoms with Gasteiger partial charge in [0.05, 0.1) is 25.2 Å². The molecule has 3 aromatic carbocycles. The highest BCUT2D eigenvalue weighted by molar-refractivity contribution is 7.98. The fourth-order valence-corrected chi connectivity index (χ4v) is 5.19. The molecule has 0 saturated heterocycles. The van der Waals surface area contributed by atoms with Crippen LogP contribution in [0.1, 0.15) is 24.1 Å². The van der Waals surface area contributed by atoms with Crippen molar-refractivity contribution in [2.45, 2.75) is 35.2 Å². The topological polar surface area (TPSA) is 93.7 Å². The molecule has 9 heteroatoms. The van der Waals surface area contributed by atoms with Crippen molar-refractivity contribution in [2.24, 2.45) is 0 Å². The summed E-state index contributed by atoms with van der Waals surface area (Å²) in [5.41, 5.74) is 1.76. The van der Waals surface area contributed by atoms with Gasteiger partial charge in [0.15, 0.2) is 11.5 Å². The lowest BCUT2D eigenvalue weighted by Crippen LogP contribution is -2.48. The number of amides is 1. The van der Waals surface area contributed by atoms with Gasteiger partial charge in [-0.05, 0) is 55.0 Å². The van der Waals surface area contributed by atoms with E-state index < -0.39 is 22.0 Å². The predicted octanol–water partition coefficient (Wildman–Crippen LogP) is 4.19. The Kier molecular flexibility index (Phi) is 9.20. The summed E-state index contributed by atoms with van der Waals surface area (Å²) in [6.07, 6.45) is 2.19. The maximum Gasteiger partial charge on any atom is 0.241 e. The summed E-state index contributed by atoms with van der Waals surface area (Å²) >= 11 is 1.64. The molecule has 0 aromatic heterocycles. The number of ether oxygens (including phenoxy) is 2. The molecule has 0 aliphatic rings. The van der Waals surface area contributed by atoms with Crippen molar-refractivity contribution >= 4 is 27.7 Å². The van der Waals surface area contributed by atoms with Gasteiger partial charge in [-0.2, -0.15) is 4.72 Å². The maximum atomic E-state index is 13.3. The molecule has 0 bridgehead atoms. The number of benzene rings is 3. The molecule has 0 fully saturated rings. The van der Waals surface area contributed by atoms with Crippen LogP contribution < -0.4 is 19.5 Å². The van der Waals surface area contributed by atoms with Crippen molar-refractivity contribution in [3.63, 3.8) is 0 Å². The second-order valence-corrected chi connectivity index (χ2v) is 10.5. The van der Waals surface area contributed by atoms with E-state index in [4.69, 9.17) is 9.47 Å². The van der Waals surface area contributed by atoms with Gasteiger partial charge in [-0.3, -0.25) is 4.79 Å². The number of carbonyl (C=O) groups is 1. The molecule has 3 aromatic rings. The van der Waals surface area contributed by atoms with E-state index in [1.54, 1.807) is 11.8 Å². The first-order valence-corrected chi connectivity index (χ1v) is 13.7. The maximum absolute atomic E-state index is 13.3. The average Bonchev–Trinajstić information content (AvgIpc) is 2.88. The van der Waals surface area contributed by atoms with Crippen molar-refractivity contribution in [2.75, 3.05) is 20.5 Å². The lowest BCUT2D eigenvalue weighted by molar-refractivity contribution is -0.123. The second kappa shape index (κ2) is 12.1. The summed E-state index contributed by atoms with van der Waals surface area (Å²) in [7, 11) is -1.14. The van der Waals surface area contributed by atoms with Gasteiger partial charge in [-0.15, -0.1) is 11.8 Å². The zero-order valence-corrected chi connectivity index (χ0v) is 21.8. The molecule has 7 nitrogen and oxygen atoms in total. The fourth-order valence-electron chi connectivity index (χ4n) is 3.57. The van der Waals surface area contributed by atoms with E-state index in [0.717, 1.165) is 16.0 Å². The average molecular weight is 515 g/mol. The van der Waals surface area contributed by atoms with E-state index in [9.17, 15) is 13.2 Å². The Bertz CT molecular complexity index is 1230. The molecule has 1 amide bonds. The van der Waals surface area contributed by atoms with Crippen molar-refractivity contribution in [3.05, 3.63) is 83.9 Å². The summed E-state index contributed by atoms with van der Waals surface area (Å²) in [6, 6.07) is 20.1. The SMILES string of the molecule is COc1ccc(S(=O)(=O)NC(Cc2ccccc2)C(=O)NC(C)c2ccc(SC)cc2)cc1OC. The quantitative estimate of drug-likeness (QED) is 0.373. The molecule has 0 aliphatic heterocycles. The molecular formula is C26H30N2O5S2. The third-order valence-electron chi connectivity index (χ3n) is 5.54. The summed E-state index contributed by atoms with van der Waals surface area (Å²) in [4.78, 5) is 14.4. The molecule has 186 valence electrons. The number of carbonyl (C=O) groups excluding carboxylic acids is 1. The minimum Gasteiger partial charge on any atom is -0.493 e. The third-order valence-corrected chi connectivity index (χ3v) is 7.75. The lowest BCUT2D eigenvalue weighted by Gasteiger charge is -2.22. The first kappa shape index (κ1) is 26.6. The second-order valence-electron chi connectivity index (χ2n) is 7.88. The summed E-state index contributed by atoms with van der Waals surface area (Å²) in [6.45, 7) is 1.87. The molecule has 0 spiro atoms. The van der Waals surface area contributed by atoms with E-state index in [2.05, 4.69) is 10.0 Å². The van der Waals surface area contributed by atoms with Gasteiger partial charge < -0.3 is 14.8 Å². The van der Waals surface area contributed by atoms with Crippen LogP contribution in [0.4, 0.5) is 0 Å². The molecule has 0 heterocycles. The Morgan fingerprint density at radius 1 is 0.943 bits per heavy atom. The third kappa shape index (κ3) is 7.00. The predicted molar refractivity (Wildman–Crippen MR) is 139 cm³/mol. The number of rotatable bonds is 11. The number of hydrogen-bond acceptors (Lipinski definition) is 6. The van der Waals surface area contributed by atoms with Crippen LogP contribution in [-0.4, -0.2) is 40.8 Å². The molecule has 35 heavy (non-hydrogen) atoms. The van der Waals surface area contributed by atoms with Crippen LogP contribution in [0.3, 0.4) is 0 Å². The van der Waals surface area contributed by atoms with Crippen molar-refractivity contribution < 1.29 is 22.7 Å². The van der Waals surface area contributed by atoms with Gasteiger partial charge >= 0.3 is 0 Å². The zero-order valence-electron chi connectivity index (χ0n) is 20.1. The normalized spacial score (nSPS) is 13.0. The van der Waals surface area contributed by atoms with E-state index >= 15 is 0 Å². The Morgan fingerprint density at radius 2 is 1.60 bits per heavy atom. The van der Waals surface area contributed by atoms with Gasteiger partial charge in [0.2, 0.25) is 15.9 Å². The molecule has 0 radical (unpaired) electrons. The summed E-state index contributed by atoms with van der Waals surface area (Å²) in [5.74, 6) is 0.271. The molecule has 0 saturated carbocycles. The molecule has 0 aliphatic carbocycles. The van der Waals surface area contributed by atoms with Crippen LogP contribution in [0.2, 0.25) is 0 Å². The standard InChI is InChI=1S/C26H30N2O5S2/c1-18(20-10-12-21(34-4)13-11-20)27-26(29)23(16-19-8-6-5-7-9-19)28-35(30,31)22-14-15-24(32-2)25(17-22)33-3/h5-15,17-18,23,28H,16H2,1-4H3,(H,27,29). The summed E-state index contributed by atoms with van der Waals surface area (Å²) in [5, 5.41) is 2.95. The lowest BCUT2D eigenvalue weighted by atomic mass is 10.0. The van der Waals surface area contributed by atoms with E-state index in [0.29, 0.717) is 5.75 Å². The summed E-state index contributed by atoms with van der Waals surface area (Å²) < 4.78 is 39.5. The molecule has 2 N–H and O–H groups in total. The highest BCUT2D eigenvalue weighted by atomic mass is 32.2. The van der Waals surface area contributed by atoms with Gasteiger partial charge in [0, 0.05) is 11.0 Å². The minimum atomic E-state index is -4.04. The van der Waals surface area contributed by atoms with Gasteiger partial charge in [0.1, 0.15) is 6.04 Å². The van der Waals surface area contributed by atoms with Gasteiger partial charge in [0.25, 0.3) is 0 Å². The monoisotopic (exact) mass is 514 g/mol. The Hall–Kier alpha value is -3.01. The van der Waals surface area contributed by atoms with Crippen LogP contribution in [0.15, 0.2) is 82.6 Å². The number of thioether (sulfide) groups is 1. The zero-order chi connectivity index (χ0) is 25.4. The van der Waals surface area contributed by atoms with Crippen LogP contribution in [0.25, 0.3) is 0 Å². The highest BCUT2D eigenvalue weighted by Gasteiger charge is 2.28. The fraction of sp³-hybridized carbons (Fsp3) is 0.269. The highest BCUT2D eigenvalue weighted by Crippen LogP contribution is 2.29. The number of nitrogens with one attached hydrogen (secondary N) is 2. The minimum absolute atomic E-state index is 0.0262. The smallest absolute Gasteiger partial charge is 0.241 e. The largest absolute Gasteiger partial charge is 0.493 e. The number of methoxy groups -OCH3 is 2. The van der Waals surface area contributed by atoms with Crippen LogP contribution >= 0.6 is 11.8 Å². The van der Waals surface area contributed by atoms with Gasteiger partial charge in [-0.25, -0.2) is 8.42 Å². The van der Waals surface area contributed by atoms with Crippen molar-refractivity contribution in [1.82, 2.24) is 10.0 Å². The Labute approximate surface area is 211 Å². The molecule has 2 unspecified atom stereocenters. The van der Waals surface area contributed by atoms with Crippen LogP contribution in [-0.2, 0) is 21.2 Å². The van der Waals surface area contributed by atoms with Crippen LogP contribution in [0.5, 0.6) is 11.5 Å². The van der Waals surface area contributed by atoms with Crippen LogP contribution in [0, 0.1) is 0 Å². The molecule has 3 rings (SSSR count). The Morgan fingerprint density at radius 3 is 2.20 bits per heavy atom. The molecule has 2 atom stereocenters. The van der Waals surface area contributed by atoms with E-state index in [1.807, 2.05) is 67.8 Å². The van der Waals surface area contributed by atoms with Gasteiger partial charge in [-0.1, -0.05) is 42.5 Å². The van der Waals surface area contributed by atoms with Crippen molar-refractivity contribution in [3.8, 4) is 11.5 Å². The van der Waals surface area contributed by atoms with E-state index in [-0.39, 0.29) is 23.1 Å². The first-order chi connectivity index (χ1) is 16.8. The number of hydrogen-bond donors (Lipinski definition) is 2. The van der Waals surface area contributed by atoms with E-state index in [1.165, 1.54) is 32.4 Å². The molecular weight excluding hydrogens is 484 g/mol. The Balaban J connectivity index is 1.85.